The van der Waals surface area contributed by atoms with E-state index in [1.807, 2.05) is 0 Å². The number of carbonyl (C=O) groups is 2. The van der Waals surface area contributed by atoms with Gasteiger partial charge >= 0.3 is 6.03 Å². The van der Waals surface area contributed by atoms with Crippen molar-refractivity contribution in [3.05, 3.63) is 30.1 Å². The summed E-state index contributed by atoms with van der Waals surface area (Å²) in [6, 6.07) is 5.64. The zero-order valence-electron chi connectivity index (χ0n) is 14.4. The number of methoxy groups -OCH3 is 1. The highest BCUT2D eigenvalue weighted by Gasteiger charge is 2.22. The van der Waals surface area contributed by atoms with E-state index >= 15 is 0 Å². The molecule has 0 aromatic heterocycles. The molecule has 0 aliphatic carbocycles. The van der Waals surface area contributed by atoms with Crippen LogP contribution in [0.25, 0.3) is 0 Å². The van der Waals surface area contributed by atoms with Crippen LogP contribution in [-0.4, -0.2) is 62.8 Å². The number of anilines is 1. The number of carbonyl (C=O) groups excluding carboxylic acids is 2. The minimum Gasteiger partial charge on any atom is -0.383 e. The fourth-order valence-electron chi connectivity index (χ4n) is 2.69. The fraction of sp³-hybridized carbons (Fsp3) is 0.529. The lowest BCUT2D eigenvalue weighted by Gasteiger charge is -2.31. The van der Waals surface area contributed by atoms with Crippen molar-refractivity contribution in [1.29, 1.82) is 0 Å². The quantitative estimate of drug-likeness (QED) is 0.644. The zero-order valence-corrected chi connectivity index (χ0v) is 14.4. The maximum Gasteiger partial charge on any atom is 0.319 e. The Balaban J connectivity index is 1.67. The Hall–Kier alpha value is -2.19. The van der Waals surface area contributed by atoms with Crippen molar-refractivity contribution in [1.82, 2.24) is 15.5 Å². The number of hydrogen-bond donors (Lipinski definition) is 3. The topological polar surface area (TPSA) is 82.7 Å². The first-order chi connectivity index (χ1) is 12.1. The summed E-state index contributed by atoms with van der Waals surface area (Å²) in [5.74, 6) is -0.493. The Labute approximate surface area is 146 Å². The Morgan fingerprint density at radius 3 is 2.68 bits per heavy atom. The van der Waals surface area contributed by atoms with E-state index in [1.54, 1.807) is 19.2 Å². The second-order valence-corrected chi connectivity index (χ2v) is 5.97. The van der Waals surface area contributed by atoms with Gasteiger partial charge in [-0.3, -0.25) is 9.69 Å². The Morgan fingerprint density at radius 2 is 2.00 bits per heavy atom. The molecule has 0 spiro atoms. The van der Waals surface area contributed by atoms with Crippen LogP contribution in [0, 0.1) is 5.82 Å². The van der Waals surface area contributed by atoms with Crippen LogP contribution in [0.15, 0.2) is 24.3 Å². The molecular formula is C17H25FN4O3. The zero-order chi connectivity index (χ0) is 18.1. The first-order valence-corrected chi connectivity index (χ1v) is 8.38. The number of hydrogen-bond acceptors (Lipinski definition) is 4. The molecule has 1 aromatic carbocycles. The molecule has 1 aliphatic heterocycles. The highest BCUT2D eigenvalue weighted by atomic mass is 19.1. The van der Waals surface area contributed by atoms with E-state index in [1.165, 1.54) is 12.1 Å². The van der Waals surface area contributed by atoms with Gasteiger partial charge in [0.2, 0.25) is 5.91 Å². The van der Waals surface area contributed by atoms with Crippen LogP contribution in [0.2, 0.25) is 0 Å². The molecule has 0 atom stereocenters. The predicted octanol–water partition coefficient (Wildman–Crippen LogP) is 1.17. The van der Waals surface area contributed by atoms with Gasteiger partial charge in [0.15, 0.2) is 0 Å². The third-order valence-electron chi connectivity index (χ3n) is 4.04. The third-order valence-corrected chi connectivity index (χ3v) is 4.04. The molecule has 1 aromatic rings. The van der Waals surface area contributed by atoms with E-state index in [2.05, 4.69) is 20.9 Å². The van der Waals surface area contributed by atoms with Gasteiger partial charge in [0.05, 0.1) is 18.8 Å². The van der Waals surface area contributed by atoms with Crippen molar-refractivity contribution in [2.24, 2.45) is 0 Å². The van der Waals surface area contributed by atoms with Crippen molar-refractivity contribution in [2.45, 2.75) is 18.9 Å². The van der Waals surface area contributed by atoms with E-state index < -0.39 is 11.8 Å². The predicted molar refractivity (Wildman–Crippen MR) is 92.9 cm³/mol. The van der Waals surface area contributed by atoms with E-state index in [0.29, 0.717) is 19.7 Å². The number of rotatable bonds is 7. The molecular weight excluding hydrogens is 327 g/mol. The first kappa shape index (κ1) is 19.1. The summed E-state index contributed by atoms with van der Waals surface area (Å²) in [6.45, 7) is 2.79. The number of amides is 3. The minimum absolute atomic E-state index is 0.0135. The number of piperidine rings is 1. The van der Waals surface area contributed by atoms with Gasteiger partial charge in [-0.25, -0.2) is 9.18 Å². The van der Waals surface area contributed by atoms with Gasteiger partial charge in [0.25, 0.3) is 0 Å². The van der Waals surface area contributed by atoms with E-state index in [0.717, 1.165) is 25.9 Å². The molecule has 7 nitrogen and oxygen atoms in total. The van der Waals surface area contributed by atoms with Crippen molar-refractivity contribution in [3.8, 4) is 0 Å². The molecule has 8 heteroatoms. The number of likely N-dealkylation sites (tertiary alicyclic amines) is 1. The smallest absolute Gasteiger partial charge is 0.319 e. The van der Waals surface area contributed by atoms with E-state index in [9.17, 15) is 14.0 Å². The summed E-state index contributed by atoms with van der Waals surface area (Å²) >= 11 is 0. The van der Waals surface area contributed by atoms with Crippen molar-refractivity contribution < 1.29 is 18.7 Å². The van der Waals surface area contributed by atoms with Crippen LogP contribution in [-0.2, 0) is 9.53 Å². The number of ether oxygens (including phenoxy) is 1. The maximum atomic E-state index is 13.5. The molecule has 1 saturated heterocycles. The van der Waals surface area contributed by atoms with Crippen molar-refractivity contribution >= 4 is 17.6 Å². The van der Waals surface area contributed by atoms with Crippen LogP contribution in [0.3, 0.4) is 0 Å². The lowest BCUT2D eigenvalue weighted by molar-refractivity contribution is -0.122. The van der Waals surface area contributed by atoms with Crippen LogP contribution < -0.4 is 16.0 Å². The van der Waals surface area contributed by atoms with Gasteiger partial charge in [-0.05, 0) is 25.0 Å². The number of para-hydroxylation sites is 1. The summed E-state index contributed by atoms with van der Waals surface area (Å²) in [6.07, 6.45) is 1.49. The number of benzene rings is 1. The molecule has 0 saturated carbocycles. The lowest BCUT2D eigenvalue weighted by atomic mass is 10.1. The summed E-state index contributed by atoms with van der Waals surface area (Å²) in [5, 5.41) is 8.15. The maximum absolute atomic E-state index is 13.5. The molecule has 1 fully saturated rings. The van der Waals surface area contributed by atoms with Crippen LogP contribution >= 0.6 is 0 Å². The molecule has 0 bridgehead atoms. The summed E-state index contributed by atoms with van der Waals surface area (Å²) in [7, 11) is 1.59. The van der Waals surface area contributed by atoms with Crippen LogP contribution in [0.1, 0.15) is 12.8 Å². The molecule has 3 N–H and O–H groups in total. The van der Waals surface area contributed by atoms with Gasteiger partial charge in [-0.15, -0.1) is 0 Å². The summed E-state index contributed by atoms with van der Waals surface area (Å²) in [5.41, 5.74) is 0.158. The highest BCUT2D eigenvalue weighted by Crippen LogP contribution is 2.13. The number of nitrogens with one attached hydrogen (secondary N) is 3. The molecule has 2 rings (SSSR count). The number of urea groups is 1. The highest BCUT2D eigenvalue weighted by molar-refractivity contribution is 5.89. The second kappa shape index (κ2) is 9.95. The van der Waals surface area contributed by atoms with Gasteiger partial charge in [0, 0.05) is 32.8 Å². The molecule has 0 radical (unpaired) electrons. The van der Waals surface area contributed by atoms with Gasteiger partial charge in [-0.2, -0.15) is 0 Å². The average molecular weight is 352 g/mol. The van der Waals surface area contributed by atoms with E-state index in [-0.39, 0.29) is 17.6 Å². The monoisotopic (exact) mass is 352 g/mol. The van der Waals surface area contributed by atoms with Gasteiger partial charge < -0.3 is 20.7 Å². The number of halogens is 1. The SMILES string of the molecule is COCCNC(=O)CN1CCC(NC(=O)Nc2ccccc2F)CC1. The van der Waals surface area contributed by atoms with Crippen LogP contribution in [0.5, 0.6) is 0 Å². The van der Waals surface area contributed by atoms with Crippen molar-refractivity contribution in [3.63, 3.8) is 0 Å². The Kier molecular flexibility index (Phi) is 7.62. The lowest BCUT2D eigenvalue weighted by Crippen LogP contribution is -2.48. The molecule has 1 aliphatic rings. The summed E-state index contributed by atoms with van der Waals surface area (Å²) < 4.78 is 18.4. The number of nitrogens with zero attached hydrogens (tertiary/aromatic N) is 1. The van der Waals surface area contributed by atoms with E-state index in [4.69, 9.17) is 4.74 Å². The third kappa shape index (κ3) is 6.67. The summed E-state index contributed by atoms with van der Waals surface area (Å²) in [4.78, 5) is 25.8. The normalized spacial score (nSPS) is 15.6. The molecule has 3 amide bonds. The molecule has 25 heavy (non-hydrogen) atoms. The van der Waals surface area contributed by atoms with Gasteiger partial charge in [-0.1, -0.05) is 12.1 Å². The minimum atomic E-state index is -0.466. The second-order valence-electron chi connectivity index (χ2n) is 5.97. The Bertz CT molecular complexity index is 577. The molecule has 138 valence electrons. The fourth-order valence-corrected chi connectivity index (χ4v) is 2.69. The Morgan fingerprint density at radius 1 is 1.28 bits per heavy atom. The first-order valence-electron chi connectivity index (χ1n) is 8.38. The standard InChI is InChI=1S/C17H25FN4O3/c1-25-11-8-19-16(23)12-22-9-6-13(7-10-22)20-17(24)21-15-5-3-2-4-14(15)18/h2-5,13H,6-12H2,1H3,(H,19,23)(H2,20,21,24). The average Bonchev–Trinajstić information content (AvgIpc) is 2.59. The largest absolute Gasteiger partial charge is 0.383 e. The molecule has 0 unspecified atom stereocenters. The van der Waals surface area contributed by atoms with Crippen LogP contribution in [0.4, 0.5) is 14.9 Å². The van der Waals surface area contributed by atoms with Crippen molar-refractivity contribution in [2.75, 3.05) is 45.2 Å². The van der Waals surface area contributed by atoms with Gasteiger partial charge in [0.1, 0.15) is 5.82 Å². The molecule has 1 heterocycles.